The van der Waals surface area contributed by atoms with E-state index in [-0.39, 0.29) is 12.4 Å². The summed E-state index contributed by atoms with van der Waals surface area (Å²) >= 11 is 0. The van der Waals surface area contributed by atoms with Crippen LogP contribution < -0.4 is 16.0 Å². The van der Waals surface area contributed by atoms with Gasteiger partial charge in [0.2, 0.25) is 5.96 Å². The molecule has 1 aliphatic heterocycles. The van der Waals surface area contributed by atoms with E-state index in [9.17, 15) is 4.39 Å². The van der Waals surface area contributed by atoms with Crippen LogP contribution in [0.25, 0.3) is 0 Å². The van der Waals surface area contributed by atoms with Gasteiger partial charge in [0.05, 0.1) is 6.54 Å². The van der Waals surface area contributed by atoms with Gasteiger partial charge in [-0.05, 0) is 42.7 Å². The van der Waals surface area contributed by atoms with Gasteiger partial charge in [0.1, 0.15) is 5.82 Å². The number of benzene rings is 2. The van der Waals surface area contributed by atoms with Crippen LogP contribution in [0.3, 0.4) is 0 Å². The van der Waals surface area contributed by atoms with Gasteiger partial charge in [-0.1, -0.05) is 43.7 Å². The Morgan fingerprint density at radius 2 is 1.80 bits per heavy atom. The van der Waals surface area contributed by atoms with Crippen molar-refractivity contribution in [3.8, 4) is 0 Å². The van der Waals surface area contributed by atoms with Crippen molar-refractivity contribution < 1.29 is 4.39 Å². The van der Waals surface area contributed by atoms with Crippen molar-refractivity contribution in [3.63, 3.8) is 0 Å². The molecule has 0 unspecified atom stereocenters. The topological polar surface area (TPSA) is 48.5 Å². The second kappa shape index (κ2) is 7.38. The molecule has 0 spiro atoms. The summed E-state index contributed by atoms with van der Waals surface area (Å²) in [7, 11) is 0. The van der Waals surface area contributed by atoms with Crippen molar-refractivity contribution in [3.05, 3.63) is 71.3 Å². The fraction of sp³-hybridized carbons (Fsp3) is 0.250. The number of hydrogen-bond donors (Lipinski definition) is 3. The van der Waals surface area contributed by atoms with Gasteiger partial charge >= 0.3 is 0 Å². The molecule has 2 aromatic carbocycles. The van der Waals surface area contributed by atoms with Crippen molar-refractivity contribution >= 4 is 17.3 Å². The molecule has 2 aromatic rings. The first-order valence-corrected chi connectivity index (χ1v) is 8.42. The SMILES string of the molecule is Cc1ccc(NC2=NCC(F)=C(Nc3cccc(C(C)C)c3)N2)cc1. The average molecular weight is 338 g/mol. The predicted octanol–water partition coefficient (Wildman–Crippen LogP) is 4.74. The maximum Gasteiger partial charge on any atom is 0.201 e. The van der Waals surface area contributed by atoms with Gasteiger partial charge in [-0.2, -0.15) is 0 Å². The van der Waals surface area contributed by atoms with E-state index in [0.29, 0.717) is 17.7 Å². The Morgan fingerprint density at radius 1 is 1.04 bits per heavy atom. The molecule has 0 saturated carbocycles. The van der Waals surface area contributed by atoms with Crippen LogP contribution in [0.2, 0.25) is 0 Å². The van der Waals surface area contributed by atoms with E-state index in [4.69, 9.17) is 0 Å². The monoisotopic (exact) mass is 338 g/mol. The maximum absolute atomic E-state index is 14.2. The largest absolute Gasteiger partial charge is 0.339 e. The van der Waals surface area contributed by atoms with E-state index in [1.165, 1.54) is 11.1 Å². The third-order valence-electron chi connectivity index (χ3n) is 4.03. The molecule has 130 valence electrons. The van der Waals surface area contributed by atoms with Crippen LogP contribution in [0, 0.1) is 6.92 Å². The third-order valence-corrected chi connectivity index (χ3v) is 4.03. The van der Waals surface area contributed by atoms with E-state index in [0.717, 1.165) is 11.4 Å². The Bertz CT molecular complexity index is 807. The summed E-state index contributed by atoms with van der Waals surface area (Å²) in [4.78, 5) is 4.19. The molecule has 3 N–H and O–H groups in total. The molecule has 25 heavy (non-hydrogen) atoms. The van der Waals surface area contributed by atoms with Crippen molar-refractivity contribution in [2.45, 2.75) is 26.7 Å². The van der Waals surface area contributed by atoms with E-state index in [1.54, 1.807) is 0 Å². The second-order valence-corrected chi connectivity index (χ2v) is 6.47. The highest BCUT2D eigenvalue weighted by molar-refractivity contribution is 5.95. The van der Waals surface area contributed by atoms with Crippen molar-refractivity contribution in [2.24, 2.45) is 4.99 Å². The molecular weight excluding hydrogens is 315 g/mol. The van der Waals surface area contributed by atoms with E-state index in [2.05, 4.69) is 40.9 Å². The van der Waals surface area contributed by atoms with E-state index in [1.807, 2.05) is 49.4 Å². The summed E-state index contributed by atoms with van der Waals surface area (Å²) in [5.74, 6) is 0.947. The molecule has 0 aromatic heterocycles. The molecule has 0 aliphatic carbocycles. The first-order chi connectivity index (χ1) is 12.0. The first kappa shape index (κ1) is 17.0. The molecule has 3 rings (SSSR count). The average Bonchev–Trinajstić information content (AvgIpc) is 2.60. The summed E-state index contributed by atoms with van der Waals surface area (Å²) in [6.45, 7) is 6.31. The minimum Gasteiger partial charge on any atom is -0.339 e. The smallest absolute Gasteiger partial charge is 0.201 e. The molecule has 0 fully saturated rings. The number of guanidine groups is 1. The molecule has 1 aliphatic rings. The van der Waals surface area contributed by atoms with Crippen molar-refractivity contribution in [1.29, 1.82) is 0 Å². The zero-order valence-electron chi connectivity index (χ0n) is 14.7. The van der Waals surface area contributed by atoms with Crippen LogP contribution in [0.4, 0.5) is 15.8 Å². The van der Waals surface area contributed by atoms with Gasteiger partial charge in [0.25, 0.3) is 0 Å². The number of aliphatic imine (C=N–C) groups is 1. The Morgan fingerprint density at radius 3 is 2.52 bits per heavy atom. The normalized spacial score (nSPS) is 14.2. The van der Waals surface area contributed by atoms with E-state index < -0.39 is 0 Å². The molecule has 5 heteroatoms. The summed E-state index contributed by atoms with van der Waals surface area (Å²) < 4.78 is 14.2. The molecule has 0 saturated heterocycles. The molecule has 1 heterocycles. The summed E-state index contributed by atoms with van der Waals surface area (Å²) in [6, 6.07) is 16.0. The van der Waals surface area contributed by atoms with Gasteiger partial charge in [-0.15, -0.1) is 0 Å². The lowest BCUT2D eigenvalue weighted by Crippen LogP contribution is -2.36. The number of nitrogens with zero attached hydrogens (tertiary/aromatic N) is 1. The van der Waals surface area contributed by atoms with Gasteiger partial charge in [0, 0.05) is 11.4 Å². The second-order valence-electron chi connectivity index (χ2n) is 6.47. The Kier molecular flexibility index (Phi) is 5.03. The Hall–Kier alpha value is -2.82. The van der Waals surface area contributed by atoms with Gasteiger partial charge < -0.3 is 16.0 Å². The van der Waals surface area contributed by atoms with Crippen LogP contribution in [0.5, 0.6) is 0 Å². The summed E-state index contributed by atoms with van der Waals surface area (Å²) in [5.41, 5.74) is 4.14. The molecular formula is C20H23FN4. The highest BCUT2D eigenvalue weighted by atomic mass is 19.1. The highest BCUT2D eigenvalue weighted by Gasteiger charge is 2.15. The molecule has 0 radical (unpaired) electrons. The van der Waals surface area contributed by atoms with Crippen LogP contribution in [-0.2, 0) is 0 Å². The van der Waals surface area contributed by atoms with E-state index >= 15 is 0 Å². The lowest BCUT2D eigenvalue weighted by Gasteiger charge is -2.21. The Labute approximate surface area is 147 Å². The number of nitrogens with one attached hydrogen (secondary N) is 3. The number of rotatable bonds is 4. The van der Waals surface area contributed by atoms with Crippen molar-refractivity contribution in [1.82, 2.24) is 5.32 Å². The fourth-order valence-corrected chi connectivity index (χ4v) is 2.52. The van der Waals surface area contributed by atoms with Crippen molar-refractivity contribution in [2.75, 3.05) is 17.2 Å². The van der Waals surface area contributed by atoms with Crippen LogP contribution in [0.15, 0.2) is 65.2 Å². The van der Waals surface area contributed by atoms with Gasteiger partial charge in [-0.3, -0.25) is 0 Å². The first-order valence-electron chi connectivity index (χ1n) is 8.42. The lowest BCUT2D eigenvalue weighted by molar-refractivity contribution is 0.593. The van der Waals surface area contributed by atoms with Crippen LogP contribution in [0.1, 0.15) is 30.9 Å². The number of hydrogen-bond acceptors (Lipinski definition) is 4. The molecule has 0 amide bonds. The van der Waals surface area contributed by atoms with Gasteiger partial charge in [-0.25, -0.2) is 9.38 Å². The Balaban J connectivity index is 1.69. The lowest BCUT2D eigenvalue weighted by atomic mass is 10.0. The highest BCUT2D eigenvalue weighted by Crippen LogP contribution is 2.21. The predicted molar refractivity (Wildman–Crippen MR) is 103 cm³/mol. The fourth-order valence-electron chi connectivity index (χ4n) is 2.52. The zero-order valence-corrected chi connectivity index (χ0v) is 14.7. The summed E-state index contributed by atoms with van der Waals surface area (Å²) in [6.07, 6.45) is 0. The molecule has 4 nitrogen and oxygen atoms in total. The standard InChI is InChI=1S/C20H23FN4/c1-13(2)15-5-4-6-17(11-15)23-19-18(21)12-22-20(25-19)24-16-9-7-14(3)8-10-16/h4-11,13,23H,12H2,1-3H3,(H2,22,24,25). The summed E-state index contributed by atoms with van der Waals surface area (Å²) in [5, 5.41) is 9.29. The van der Waals surface area contributed by atoms with Crippen LogP contribution in [-0.4, -0.2) is 12.5 Å². The third kappa shape index (κ3) is 4.38. The van der Waals surface area contributed by atoms with Gasteiger partial charge in [0.15, 0.2) is 5.83 Å². The minimum atomic E-state index is -0.315. The zero-order chi connectivity index (χ0) is 17.8. The molecule has 0 bridgehead atoms. The number of anilines is 2. The molecule has 0 atom stereocenters. The number of halogens is 1. The maximum atomic E-state index is 14.2. The number of aryl methyl sites for hydroxylation is 1. The van der Waals surface area contributed by atoms with Crippen LogP contribution >= 0.6 is 0 Å². The minimum absolute atomic E-state index is 0.00734. The quantitative estimate of drug-likeness (QED) is 0.754.